The van der Waals surface area contributed by atoms with Crippen LogP contribution in [0.3, 0.4) is 0 Å². The first-order chi connectivity index (χ1) is 9.97. The van der Waals surface area contributed by atoms with Gasteiger partial charge in [-0.2, -0.15) is 0 Å². The highest BCUT2D eigenvalue weighted by Gasteiger charge is 2.11. The molecule has 0 fully saturated rings. The second kappa shape index (κ2) is 8.25. The Balaban J connectivity index is 2.40. The molecule has 6 heteroatoms. The van der Waals surface area contributed by atoms with Crippen molar-refractivity contribution in [3.63, 3.8) is 0 Å². The van der Waals surface area contributed by atoms with Crippen molar-refractivity contribution in [1.29, 1.82) is 0 Å². The summed E-state index contributed by atoms with van der Waals surface area (Å²) in [4.78, 5) is 11.2. The van der Waals surface area contributed by atoms with Gasteiger partial charge in [0.2, 0.25) is 0 Å². The summed E-state index contributed by atoms with van der Waals surface area (Å²) in [5.41, 5.74) is 0.177. The minimum absolute atomic E-state index is 0.00715. The summed E-state index contributed by atoms with van der Waals surface area (Å²) in [7, 11) is -2.15. The fourth-order valence-electron chi connectivity index (χ4n) is 1.34. The molecule has 0 radical (unpaired) electrons. The first-order valence-electron chi connectivity index (χ1n) is 6.04. The van der Waals surface area contributed by atoms with Gasteiger partial charge < -0.3 is 9.47 Å². The molecule has 0 unspecified atom stereocenters. The molecule has 1 aromatic rings. The van der Waals surface area contributed by atoms with E-state index in [2.05, 4.69) is 23.2 Å². The van der Waals surface area contributed by atoms with Gasteiger partial charge in [0.1, 0.15) is 12.4 Å². The van der Waals surface area contributed by atoms with Crippen LogP contribution in [-0.4, -0.2) is 40.5 Å². The van der Waals surface area contributed by atoms with Crippen molar-refractivity contribution in [3.05, 3.63) is 42.5 Å². The maximum absolute atomic E-state index is 11.9. The van der Waals surface area contributed by atoms with Crippen LogP contribution >= 0.6 is 0 Å². The molecule has 0 aliphatic rings. The minimum atomic E-state index is -3.40. The number of hydrogen-bond acceptors (Lipinski definition) is 5. The summed E-state index contributed by atoms with van der Waals surface area (Å²) in [5, 5.41) is 0. The first-order valence-corrected chi connectivity index (χ1v) is 7.70. The molecule has 0 aliphatic carbocycles. The molecule has 0 atom stereocenters. The largest absolute Gasteiger partial charge is 0.466 e. The van der Waals surface area contributed by atoms with E-state index in [0.717, 1.165) is 0 Å². The molecule has 1 aromatic carbocycles. The Morgan fingerprint density at radius 2 is 1.90 bits per heavy atom. The number of ether oxygens (including phenoxy) is 2. The third-order valence-corrected chi connectivity index (χ3v) is 3.93. The Morgan fingerprint density at radius 1 is 1.24 bits per heavy atom. The lowest BCUT2D eigenvalue weighted by molar-refractivity contribution is -0.136. The number of esters is 1. The van der Waals surface area contributed by atoms with E-state index in [1.807, 2.05) is 0 Å². The van der Waals surface area contributed by atoms with Crippen LogP contribution in [0.2, 0.25) is 0 Å². The first kappa shape index (κ1) is 17.0. The number of methoxy groups -OCH3 is 1. The zero-order chi connectivity index (χ0) is 15.7. The lowest BCUT2D eigenvalue weighted by Gasteiger charge is -2.02. The van der Waals surface area contributed by atoms with E-state index in [1.54, 1.807) is 18.2 Å². The van der Waals surface area contributed by atoms with Crippen LogP contribution in [0.1, 0.15) is 0 Å². The van der Waals surface area contributed by atoms with Gasteiger partial charge in [0, 0.05) is 0 Å². The highest BCUT2D eigenvalue weighted by molar-refractivity contribution is 7.91. The molecular formula is C15H16O5S. The molecule has 0 heterocycles. The van der Waals surface area contributed by atoms with E-state index in [9.17, 15) is 13.2 Å². The van der Waals surface area contributed by atoms with Crippen LogP contribution in [0.25, 0.3) is 0 Å². The van der Waals surface area contributed by atoms with Gasteiger partial charge >= 0.3 is 5.97 Å². The van der Waals surface area contributed by atoms with Gasteiger partial charge in [0.05, 0.1) is 24.2 Å². The lowest BCUT2D eigenvalue weighted by Crippen LogP contribution is -2.10. The third kappa shape index (κ3) is 5.81. The van der Waals surface area contributed by atoms with E-state index < -0.39 is 15.8 Å². The Bertz CT molecular complexity index is 650. The fraction of sp³-hybridized carbons (Fsp3) is 0.267. The summed E-state index contributed by atoms with van der Waals surface area (Å²) in [6.07, 6.45) is 0. The van der Waals surface area contributed by atoms with E-state index in [1.165, 1.54) is 19.2 Å². The van der Waals surface area contributed by atoms with Crippen LogP contribution < -0.4 is 0 Å². The second-order valence-corrected chi connectivity index (χ2v) is 6.00. The zero-order valence-electron chi connectivity index (χ0n) is 11.7. The summed E-state index contributed by atoms with van der Waals surface area (Å²) >= 11 is 0. The van der Waals surface area contributed by atoms with Crippen molar-refractivity contribution < 1.29 is 22.7 Å². The molecule has 1 rings (SSSR count). The summed E-state index contributed by atoms with van der Waals surface area (Å²) in [5.74, 6) is 4.29. The van der Waals surface area contributed by atoms with E-state index in [-0.39, 0.29) is 29.4 Å². The molecule has 0 amide bonds. The number of benzene rings is 1. The van der Waals surface area contributed by atoms with Gasteiger partial charge in [-0.05, 0) is 12.1 Å². The zero-order valence-corrected chi connectivity index (χ0v) is 12.5. The van der Waals surface area contributed by atoms with Crippen LogP contribution in [0.5, 0.6) is 0 Å². The quantitative estimate of drug-likeness (QED) is 0.342. The maximum atomic E-state index is 11.9. The van der Waals surface area contributed by atoms with Gasteiger partial charge in [0.15, 0.2) is 9.84 Å². The summed E-state index contributed by atoms with van der Waals surface area (Å²) in [6, 6.07) is 8.10. The Morgan fingerprint density at radius 3 is 2.52 bits per heavy atom. The van der Waals surface area contributed by atoms with Gasteiger partial charge in [-0.15, -0.1) is 0 Å². The van der Waals surface area contributed by atoms with Crippen molar-refractivity contribution in [2.45, 2.75) is 4.90 Å². The number of carbonyl (C=O) groups is 1. The molecule has 0 aromatic heterocycles. The van der Waals surface area contributed by atoms with Crippen molar-refractivity contribution >= 4 is 15.8 Å². The SMILES string of the molecule is C=C(COCC#CCS(=O)(=O)c1ccccc1)C(=O)OC. The van der Waals surface area contributed by atoms with Crippen molar-refractivity contribution in [3.8, 4) is 11.8 Å². The standard InChI is InChI=1S/C15H16O5S/c1-13(15(16)19-2)12-20-10-6-7-11-21(17,18)14-8-4-3-5-9-14/h3-5,8-9H,1,10-12H2,2H3. The molecule has 0 spiro atoms. The third-order valence-electron chi connectivity index (χ3n) is 2.41. The smallest absolute Gasteiger partial charge is 0.335 e. The van der Waals surface area contributed by atoms with E-state index in [0.29, 0.717) is 0 Å². The second-order valence-electron chi connectivity index (χ2n) is 4.01. The van der Waals surface area contributed by atoms with Crippen LogP contribution in [-0.2, 0) is 24.1 Å². The summed E-state index contributed by atoms with van der Waals surface area (Å²) in [6.45, 7) is 3.49. The fourth-order valence-corrected chi connectivity index (χ4v) is 2.37. The normalized spacial score (nSPS) is 10.3. The van der Waals surface area contributed by atoms with Crippen molar-refractivity contribution in [1.82, 2.24) is 0 Å². The van der Waals surface area contributed by atoms with Crippen molar-refractivity contribution in [2.75, 3.05) is 26.1 Å². The summed E-state index contributed by atoms with van der Waals surface area (Å²) < 4.78 is 33.3. The van der Waals surface area contributed by atoms with E-state index >= 15 is 0 Å². The van der Waals surface area contributed by atoms with Gasteiger partial charge in [-0.3, -0.25) is 0 Å². The highest BCUT2D eigenvalue weighted by Crippen LogP contribution is 2.08. The Labute approximate surface area is 124 Å². The molecule has 0 saturated carbocycles. The highest BCUT2D eigenvalue weighted by atomic mass is 32.2. The average molecular weight is 308 g/mol. The molecule has 112 valence electrons. The topological polar surface area (TPSA) is 69.7 Å². The number of carbonyl (C=O) groups excluding carboxylic acids is 1. The van der Waals surface area contributed by atoms with Crippen LogP contribution in [0.15, 0.2) is 47.4 Å². The maximum Gasteiger partial charge on any atom is 0.335 e. The van der Waals surface area contributed by atoms with E-state index in [4.69, 9.17) is 4.74 Å². The molecular weight excluding hydrogens is 292 g/mol. The van der Waals surface area contributed by atoms with Gasteiger partial charge in [-0.1, -0.05) is 36.6 Å². The minimum Gasteiger partial charge on any atom is -0.466 e. The van der Waals surface area contributed by atoms with Crippen LogP contribution in [0.4, 0.5) is 0 Å². The van der Waals surface area contributed by atoms with Crippen LogP contribution in [0, 0.1) is 11.8 Å². The predicted octanol–water partition coefficient (Wildman–Crippen LogP) is 1.21. The van der Waals surface area contributed by atoms with Crippen molar-refractivity contribution in [2.24, 2.45) is 0 Å². The molecule has 5 nitrogen and oxygen atoms in total. The number of rotatable bonds is 6. The number of sulfone groups is 1. The predicted molar refractivity (Wildman–Crippen MR) is 78.2 cm³/mol. The lowest BCUT2D eigenvalue weighted by atomic mass is 10.3. The molecule has 0 aliphatic heterocycles. The Kier molecular flexibility index (Phi) is 6.66. The van der Waals surface area contributed by atoms with Gasteiger partial charge in [-0.25, -0.2) is 13.2 Å². The average Bonchev–Trinajstić information content (AvgIpc) is 2.50. The molecule has 21 heavy (non-hydrogen) atoms. The number of hydrogen-bond donors (Lipinski definition) is 0. The molecule has 0 bridgehead atoms. The van der Waals surface area contributed by atoms with Gasteiger partial charge in [0.25, 0.3) is 0 Å². The monoisotopic (exact) mass is 308 g/mol. The Hall–Kier alpha value is -2.10. The molecule has 0 N–H and O–H groups in total. The molecule has 0 saturated heterocycles.